The van der Waals surface area contributed by atoms with Crippen LogP contribution in [-0.4, -0.2) is 4.98 Å². The number of nitrogens with zero attached hydrogens (tertiary/aromatic N) is 1. The number of halogens is 2. The van der Waals surface area contributed by atoms with Crippen LogP contribution in [0.15, 0.2) is 34.7 Å². The molecular formula is C13H5Cl2NOS. The lowest BCUT2D eigenvalue weighted by molar-refractivity contribution is 0.608. The molecule has 0 aliphatic heterocycles. The Morgan fingerprint density at radius 2 is 1.94 bits per heavy atom. The molecule has 0 unspecified atom stereocenters. The topological polar surface area (TPSA) is 26.0 Å². The van der Waals surface area contributed by atoms with Crippen LogP contribution in [0.25, 0.3) is 31.3 Å². The Hall–Kier alpha value is -1.29. The molecule has 0 saturated carbocycles. The lowest BCUT2D eigenvalue weighted by atomic mass is 10.1. The Labute approximate surface area is 116 Å². The molecule has 0 radical (unpaired) electrons. The minimum absolute atomic E-state index is 0.120. The number of thiophene rings is 1. The van der Waals surface area contributed by atoms with Crippen molar-refractivity contribution in [2.45, 2.75) is 0 Å². The van der Waals surface area contributed by atoms with Crippen LogP contribution in [0.5, 0.6) is 0 Å². The molecule has 4 aromatic rings. The van der Waals surface area contributed by atoms with Crippen LogP contribution in [0, 0.1) is 0 Å². The summed E-state index contributed by atoms with van der Waals surface area (Å²) in [6, 6.07) is 10.1. The molecule has 88 valence electrons. The predicted octanol–water partition coefficient (Wildman–Crippen LogP) is 5.50. The molecule has 2 aromatic heterocycles. The fraction of sp³-hybridized carbons (Fsp3) is 0. The van der Waals surface area contributed by atoms with Gasteiger partial charge in [0.1, 0.15) is 5.52 Å². The van der Waals surface area contributed by atoms with Crippen LogP contribution in [0.1, 0.15) is 0 Å². The summed E-state index contributed by atoms with van der Waals surface area (Å²) in [5, 5.41) is 2.87. The molecule has 2 nitrogen and oxygen atoms in total. The van der Waals surface area contributed by atoms with Gasteiger partial charge in [0.15, 0.2) is 5.58 Å². The average molecular weight is 294 g/mol. The Balaban J connectivity index is 2.38. The highest BCUT2D eigenvalue weighted by Crippen LogP contribution is 2.41. The van der Waals surface area contributed by atoms with Gasteiger partial charge in [0.25, 0.3) is 5.35 Å². The highest BCUT2D eigenvalue weighted by Gasteiger charge is 2.16. The third-order valence-electron chi connectivity index (χ3n) is 2.93. The van der Waals surface area contributed by atoms with E-state index in [9.17, 15) is 0 Å². The zero-order chi connectivity index (χ0) is 12.3. The first kappa shape index (κ1) is 10.6. The number of hydrogen-bond donors (Lipinski definition) is 0. The van der Waals surface area contributed by atoms with Gasteiger partial charge in [-0.1, -0.05) is 29.8 Å². The molecule has 4 rings (SSSR count). The molecule has 2 aromatic carbocycles. The lowest BCUT2D eigenvalue weighted by Crippen LogP contribution is -1.72. The van der Waals surface area contributed by atoms with Crippen molar-refractivity contribution < 1.29 is 4.42 Å². The molecule has 0 atom stereocenters. The van der Waals surface area contributed by atoms with Crippen LogP contribution >= 0.6 is 34.5 Å². The van der Waals surface area contributed by atoms with Crippen LogP contribution in [0.3, 0.4) is 0 Å². The Morgan fingerprint density at radius 1 is 1.11 bits per heavy atom. The van der Waals surface area contributed by atoms with E-state index >= 15 is 0 Å². The first-order chi connectivity index (χ1) is 8.74. The SMILES string of the molecule is Clc1nc2c(Cl)cc3sc4ccccc4c3c2o1. The van der Waals surface area contributed by atoms with E-state index in [0.29, 0.717) is 16.1 Å². The minimum Gasteiger partial charge on any atom is -0.427 e. The zero-order valence-corrected chi connectivity index (χ0v) is 11.2. The molecule has 0 saturated heterocycles. The number of fused-ring (bicyclic) bond motifs is 5. The van der Waals surface area contributed by atoms with E-state index in [0.717, 1.165) is 15.5 Å². The van der Waals surface area contributed by atoms with E-state index in [1.807, 2.05) is 18.2 Å². The van der Waals surface area contributed by atoms with Crippen LogP contribution in [-0.2, 0) is 0 Å². The number of hydrogen-bond acceptors (Lipinski definition) is 3. The van der Waals surface area contributed by atoms with Crippen LogP contribution < -0.4 is 0 Å². The first-order valence-electron chi connectivity index (χ1n) is 5.30. The van der Waals surface area contributed by atoms with Crippen molar-refractivity contribution >= 4 is 65.8 Å². The molecule has 0 bridgehead atoms. The van der Waals surface area contributed by atoms with Crippen molar-refractivity contribution in [1.29, 1.82) is 0 Å². The number of oxazole rings is 1. The normalized spacial score (nSPS) is 11.9. The van der Waals surface area contributed by atoms with E-state index in [1.165, 1.54) is 4.70 Å². The Morgan fingerprint density at radius 3 is 2.83 bits per heavy atom. The lowest BCUT2D eigenvalue weighted by Gasteiger charge is -1.94. The van der Waals surface area contributed by atoms with E-state index < -0.39 is 0 Å². The predicted molar refractivity (Wildman–Crippen MR) is 76.9 cm³/mol. The van der Waals surface area contributed by atoms with Gasteiger partial charge >= 0.3 is 0 Å². The second kappa shape index (κ2) is 3.60. The van der Waals surface area contributed by atoms with Gasteiger partial charge in [-0.25, -0.2) is 0 Å². The molecule has 0 N–H and O–H groups in total. The number of benzene rings is 2. The maximum absolute atomic E-state index is 6.20. The maximum atomic E-state index is 6.20. The van der Waals surface area contributed by atoms with Gasteiger partial charge in [0.05, 0.1) is 5.02 Å². The van der Waals surface area contributed by atoms with E-state index in [4.69, 9.17) is 27.6 Å². The number of rotatable bonds is 0. The van der Waals surface area contributed by atoms with E-state index in [1.54, 1.807) is 11.3 Å². The molecule has 0 amide bonds. The second-order valence-corrected chi connectivity index (χ2v) is 5.79. The van der Waals surface area contributed by atoms with Gasteiger partial charge in [-0.3, -0.25) is 0 Å². The van der Waals surface area contributed by atoms with Gasteiger partial charge in [-0.15, -0.1) is 11.3 Å². The van der Waals surface area contributed by atoms with Crippen molar-refractivity contribution in [3.63, 3.8) is 0 Å². The Bertz CT molecular complexity index is 909. The second-order valence-electron chi connectivity index (χ2n) is 3.97. The van der Waals surface area contributed by atoms with Gasteiger partial charge in [0, 0.05) is 20.2 Å². The van der Waals surface area contributed by atoms with Crippen LogP contribution in [0.2, 0.25) is 10.4 Å². The molecule has 18 heavy (non-hydrogen) atoms. The summed E-state index contributed by atoms with van der Waals surface area (Å²) in [6.07, 6.45) is 0. The van der Waals surface area contributed by atoms with Crippen molar-refractivity contribution in [2.24, 2.45) is 0 Å². The molecular weight excluding hydrogens is 289 g/mol. The summed E-state index contributed by atoms with van der Waals surface area (Å²) in [6.45, 7) is 0. The monoisotopic (exact) mass is 293 g/mol. The van der Waals surface area contributed by atoms with Crippen molar-refractivity contribution in [1.82, 2.24) is 4.98 Å². The summed E-state index contributed by atoms with van der Waals surface area (Å²) in [7, 11) is 0. The third-order valence-corrected chi connectivity index (χ3v) is 4.50. The van der Waals surface area contributed by atoms with Crippen molar-refractivity contribution in [2.75, 3.05) is 0 Å². The highest BCUT2D eigenvalue weighted by molar-refractivity contribution is 7.26. The molecule has 0 fully saturated rings. The van der Waals surface area contributed by atoms with Gasteiger partial charge in [-0.2, -0.15) is 4.98 Å². The summed E-state index contributed by atoms with van der Waals surface area (Å²) in [5.41, 5.74) is 1.29. The molecule has 5 heteroatoms. The van der Waals surface area contributed by atoms with Gasteiger partial charge < -0.3 is 4.42 Å². The molecule has 0 aliphatic carbocycles. The van der Waals surface area contributed by atoms with Crippen molar-refractivity contribution in [3.8, 4) is 0 Å². The van der Waals surface area contributed by atoms with Gasteiger partial charge in [0.2, 0.25) is 0 Å². The quantitative estimate of drug-likeness (QED) is 0.428. The standard InChI is InChI=1S/C13H5Cl2NOS/c14-7-5-9-10(12-11(7)16-13(15)17-12)6-3-1-2-4-8(6)18-9/h1-5H. The van der Waals surface area contributed by atoms with Crippen molar-refractivity contribution in [3.05, 3.63) is 40.7 Å². The van der Waals surface area contributed by atoms with E-state index in [2.05, 4.69) is 17.1 Å². The smallest absolute Gasteiger partial charge is 0.293 e. The van der Waals surface area contributed by atoms with Gasteiger partial charge in [-0.05, 0) is 23.7 Å². The minimum atomic E-state index is 0.120. The molecule has 2 heterocycles. The molecule has 0 aliphatic rings. The zero-order valence-electron chi connectivity index (χ0n) is 8.91. The summed E-state index contributed by atoms with van der Waals surface area (Å²) >= 11 is 13.7. The summed E-state index contributed by atoms with van der Waals surface area (Å²) in [5.74, 6) is 0. The number of aromatic nitrogens is 1. The fourth-order valence-electron chi connectivity index (χ4n) is 2.21. The fourth-order valence-corrected chi connectivity index (χ4v) is 3.82. The maximum Gasteiger partial charge on any atom is 0.293 e. The highest BCUT2D eigenvalue weighted by atomic mass is 35.5. The third kappa shape index (κ3) is 1.32. The molecule has 0 spiro atoms. The van der Waals surface area contributed by atoms with Crippen LogP contribution in [0.4, 0.5) is 0 Å². The van der Waals surface area contributed by atoms with E-state index in [-0.39, 0.29) is 5.35 Å². The summed E-state index contributed by atoms with van der Waals surface area (Å²) in [4.78, 5) is 4.12. The largest absolute Gasteiger partial charge is 0.427 e. The average Bonchev–Trinajstić information content (AvgIpc) is 2.88. The Kier molecular flexibility index (Phi) is 2.13. The first-order valence-corrected chi connectivity index (χ1v) is 6.87. The summed E-state index contributed by atoms with van der Waals surface area (Å²) < 4.78 is 7.79.